The van der Waals surface area contributed by atoms with Gasteiger partial charge in [-0.2, -0.15) is 0 Å². The van der Waals surface area contributed by atoms with Gasteiger partial charge in [-0.05, 0) is 62.7 Å². The summed E-state index contributed by atoms with van der Waals surface area (Å²) in [6.45, 7) is 5.15. The molecule has 0 atom stereocenters. The number of anilines is 2. The summed E-state index contributed by atoms with van der Waals surface area (Å²) in [5.74, 6) is -0.999. The predicted molar refractivity (Wildman–Crippen MR) is 101 cm³/mol. The second-order valence-corrected chi connectivity index (χ2v) is 8.90. The summed E-state index contributed by atoms with van der Waals surface area (Å²) in [6.07, 6.45) is 0. The molecule has 136 valence electrons. The van der Waals surface area contributed by atoms with Crippen molar-refractivity contribution < 1.29 is 18.0 Å². The molecule has 0 aromatic heterocycles. The van der Waals surface area contributed by atoms with Crippen molar-refractivity contribution in [2.45, 2.75) is 20.8 Å². The van der Waals surface area contributed by atoms with Crippen LogP contribution in [0.2, 0.25) is 0 Å². The number of hydrogen-bond donors (Lipinski definition) is 1. The maximum absolute atomic E-state index is 12.4. The molecule has 1 fully saturated rings. The van der Waals surface area contributed by atoms with Gasteiger partial charge in [0, 0.05) is 11.3 Å². The van der Waals surface area contributed by atoms with Crippen LogP contribution in [-0.2, 0) is 14.8 Å². The van der Waals surface area contributed by atoms with Gasteiger partial charge in [-0.1, -0.05) is 12.1 Å². The average molecular weight is 372 g/mol. The molecule has 2 aromatic rings. The molecule has 2 amide bonds. The Morgan fingerprint density at radius 1 is 1.12 bits per heavy atom. The van der Waals surface area contributed by atoms with Gasteiger partial charge in [-0.25, -0.2) is 12.7 Å². The van der Waals surface area contributed by atoms with Crippen LogP contribution in [0.4, 0.5) is 11.4 Å². The number of benzene rings is 2. The van der Waals surface area contributed by atoms with Crippen molar-refractivity contribution in [3.8, 4) is 0 Å². The third kappa shape index (κ3) is 3.35. The number of amides is 2. The second-order valence-electron chi connectivity index (χ2n) is 7.08. The number of carbonyl (C=O) groups is 2. The van der Waals surface area contributed by atoms with Crippen molar-refractivity contribution in [3.63, 3.8) is 0 Å². The molecule has 0 saturated carbocycles. The molecule has 1 heterocycles. The summed E-state index contributed by atoms with van der Waals surface area (Å²) in [4.78, 5) is 24.7. The van der Waals surface area contributed by atoms with Gasteiger partial charge in [0.25, 0.3) is 5.91 Å². The molecule has 1 saturated heterocycles. The van der Waals surface area contributed by atoms with Crippen LogP contribution in [0.15, 0.2) is 48.5 Å². The zero-order valence-electron chi connectivity index (χ0n) is 14.8. The van der Waals surface area contributed by atoms with Crippen LogP contribution < -0.4 is 9.62 Å². The molecule has 6 nitrogen and oxygen atoms in total. The fraction of sp³-hybridized carbons (Fsp3) is 0.263. The molecule has 1 N–H and O–H groups in total. The zero-order chi connectivity index (χ0) is 19.1. The first-order valence-corrected chi connectivity index (χ1v) is 9.77. The highest BCUT2D eigenvalue weighted by Crippen LogP contribution is 2.35. The SMILES string of the molecule is Cc1cccc(NC(=O)c2ccc(N3C(=O)C(C)(C)CS3(=O)=O)cc2)c1. The van der Waals surface area contributed by atoms with E-state index in [1.807, 2.05) is 25.1 Å². The maximum Gasteiger partial charge on any atom is 0.255 e. The van der Waals surface area contributed by atoms with Crippen LogP contribution in [-0.4, -0.2) is 26.0 Å². The number of nitrogens with one attached hydrogen (secondary N) is 1. The van der Waals surface area contributed by atoms with Crippen LogP contribution in [0.25, 0.3) is 0 Å². The summed E-state index contributed by atoms with van der Waals surface area (Å²) < 4.78 is 25.4. The second kappa shape index (κ2) is 6.25. The van der Waals surface area contributed by atoms with Gasteiger partial charge in [0.05, 0.1) is 16.9 Å². The summed E-state index contributed by atoms with van der Waals surface area (Å²) in [6, 6.07) is 13.4. The molecule has 1 aliphatic heterocycles. The zero-order valence-corrected chi connectivity index (χ0v) is 15.6. The lowest BCUT2D eigenvalue weighted by Crippen LogP contribution is -2.32. The molecule has 7 heteroatoms. The molecular weight excluding hydrogens is 352 g/mol. The molecule has 1 aliphatic rings. The fourth-order valence-electron chi connectivity index (χ4n) is 2.94. The van der Waals surface area contributed by atoms with Crippen molar-refractivity contribution >= 4 is 33.2 Å². The highest BCUT2D eigenvalue weighted by Gasteiger charge is 2.49. The van der Waals surface area contributed by atoms with Gasteiger partial charge >= 0.3 is 0 Å². The van der Waals surface area contributed by atoms with E-state index in [2.05, 4.69) is 5.32 Å². The van der Waals surface area contributed by atoms with Crippen LogP contribution in [0, 0.1) is 12.3 Å². The lowest BCUT2D eigenvalue weighted by Gasteiger charge is -2.17. The highest BCUT2D eigenvalue weighted by atomic mass is 32.2. The smallest absolute Gasteiger partial charge is 0.255 e. The van der Waals surface area contributed by atoms with Crippen molar-refractivity contribution in [1.82, 2.24) is 0 Å². The lowest BCUT2D eigenvalue weighted by atomic mass is 9.95. The van der Waals surface area contributed by atoms with Crippen molar-refractivity contribution in [1.29, 1.82) is 0 Å². The van der Waals surface area contributed by atoms with Crippen LogP contribution in [0.5, 0.6) is 0 Å². The van der Waals surface area contributed by atoms with E-state index in [0.29, 0.717) is 11.3 Å². The first kappa shape index (κ1) is 18.1. The number of aryl methyl sites for hydroxylation is 1. The van der Waals surface area contributed by atoms with Gasteiger partial charge in [-0.3, -0.25) is 9.59 Å². The number of rotatable bonds is 3. The standard InChI is InChI=1S/C19H20N2O4S/c1-13-5-4-6-15(11-13)20-17(22)14-7-9-16(10-8-14)21-18(23)19(2,3)12-26(21,24)25/h4-11H,12H2,1-3H3,(H,20,22). The third-order valence-electron chi connectivity index (χ3n) is 4.22. The Kier molecular flexibility index (Phi) is 4.36. The molecule has 26 heavy (non-hydrogen) atoms. The molecule has 0 bridgehead atoms. The van der Waals surface area contributed by atoms with Gasteiger partial charge in [0.1, 0.15) is 0 Å². The van der Waals surface area contributed by atoms with E-state index in [-0.39, 0.29) is 17.3 Å². The van der Waals surface area contributed by atoms with E-state index in [0.717, 1.165) is 9.87 Å². The van der Waals surface area contributed by atoms with Crippen molar-refractivity contribution in [2.24, 2.45) is 5.41 Å². The molecule has 0 spiro atoms. The Morgan fingerprint density at radius 3 is 2.31 bits per heavy atom. The number of carbonyl (C=O) groups excluding carboxylic acids is 2. The van der Waals surface area contributed by atoms with Crippen LogP contribution >= 0.6 is 0 Å². The van der Waals surface area contributed by atoms with E-state index < -0.39 is 21.3 Å². The number of nitrogens with zero attached hydrogens (tertiary/aromatic N) is 1. The number of hydrogen-bond acceptors (Lipinski definition) is 4. The Hall–Kier alpha value is -2.67. The lowest BCUT2D eigenvalue weighted by molar-refractivity contribution is -0.123. The quantitative estimate of drug-likeness (QED) is 0.898. The molecule has 0 radical (unpaired) electrons. The van der Waals surface area contributed by atoms with E-state index in [1.165, 1.54) is 24.3 Å². The van der Waals surface area contributed by atoms with Gasteiger partial charge in [0.15, 0.2) is 0 Å². The van der Waals surface area contributed by atoms with E-state index in [1.54, 1.807) is 19.9 Å². The minimum absolute atomic E-state index is 0.228. The topological polar surface area (TPSA) is 83.6 Å². The molecule has 0 unspecified atom stereocenters. The Bertz CT molecular complexity index is 979. The molecule has 2 aromatic carbocycles. The molecule has 0 aliphatic carbocycles. The predicted octanol–water partition coefficient (Wildman–Crippen LogP) is 2.95. The van der Waals surface area contributed by atoms with Crippen LogP contribution in [0.1, 0.15) is 29.8 Å². The Morgan fingerprint density at radius 2 is 1.77 bits per heavy atom. The Labute approximate surface area is 152 Å². The molecular formula is C19H20N2O4S. The Balaban J connectivity index is 1.83. The monoisotopic (exact) mass is 372 g/mol. The van der Waals surface area contributed by atoms with E-state index in [4.69, 9.17) is 0 Å². The first-order valence-electron chi connectivity index (χ1n) is 8.16. The minimum atomic E-state index is -3.70. The fourth-order valence-corrected chi connectivity index (χ4v) is 5.04. The summed E-state index contributed by atoms with van der Waals surface area (Å²) in [5.41, 5.74) is 1.36. The number of sulfonamides is 1. The van der Waals surface area contributed by atoms with Gasteiger partial charge in [0.2, 0.25) is 15.9 Å². The first-order chi connectivity index (χ1) is 12.1. The largest absolute Gasteiger partial charge is 0.322 e. The average Bonchev–Trinajstić information content (AvgIpc) is 2.70. The summed E-state index contributed by atoms with van der Waals surface area (Å²) in [7, 11) is -3.70. The summed E-state index contributed by atoms with van der Waals surface area (Å²) in [5, 5.41) is 2.79. The van der Waals surface area contributed by atoms with E-state index in [9.17, 15) is 18.0 Å². The normalized spacial score (nSPS) is 18.0. The minimum Gasteiger partial charge on any atom is -0.322 e. The molecule has 3 rings (SSSR count). The van der Waals surface area contributed by atoms with Gasteiger partial charge < -0.3 is 5.32 Å². The van der Waals surface area contributed by atoms with Crippen LogP contribution in [0.3, 0.4) is 0 Å². The maximum atomic E-state index is 12.4. The highest BCUT2D eigenvalue weighted by molar-refractivity contribution is 7.94. The summed E-state index contributed by atoms with van der Waals surface area (Å²) >= 11 is 0. The van der Waals surface area contributed by atoms with Crippen molar-refractivity contribution in [2.75, 3.05) is 15.4 Å². The van der Waals surface area contributed by atoms with Crippen molar-refractivity contribution in [3.05, 3.63) is 59.7 Å². The van der Waals surface area contributed by atoms with Gasteiger partial charge in [-0.15, -0.1) is 0 Å². The van der Waals surface area contributed by atoms with E-state index >= 15 is 0 Å². The third-order valence-corrected chi connectivity index (χ3v) is 6.24.